The highest BCUT2D eigenvalue weighted by Gasteiger charge is 2.05. The Balaban J connectivity index is 1.36. The molecular weight excluding hydrogens is 362 g/mol. The third kappa shape index (κ3) is 6.54. The molecule has 0 aromatic heterocycles. The van der Waals surface area contributed by atoms with E-state index in [-0.39, 0.29) is 0 Å². The van der Waals surface area contributed by atoms with Crippen molar-refractivity contribution in [3.05, 3.63) is 89.5 Å². The van der Waals surface area contributed by atoms with Crippen molar-refractivity contribution in [2.75, 3.05) is 26.3 Å². The van der Waals surface area contributed by atoms with Crippen LogP contribution in [0.3, 0.4) is 0 Å². The van der Waals surface area contributed by atoms with E-state index in [1.165, 1.54) is 11.1 Å². The standard InChI is InChI=1S/C25H29NO3/c1-20-9-8-10-21(2)25(20)28-18-16-26-15-17-27-23-13-6-7-14-24(23)29-19-22-11-4-3-5-12-22/h3-14,26H,15-19H2,1-2H3. The third-order valence-electron chi connectivity index (χ3n) is 4.56. The zero-order valence-corrected chi connectivity index (χ0v) is 17.2. The summed E-state index contributed by atoms with van der Waals surface area (Å²) in [6, 6.07) is 24.1. The monoisotopic (exact) mass is 391 g/mol. The lowest BCUT2D eigenvalue weighted by Gasteiger charge is -2.14. The van der Waals surface area contributed by atoms with Crippen molar-refractivity contribution < 1.29 is 14.2 Å². The van der Waals surface area contributed by atoms with Crippen LogP contribution in [0.1, 0.15) is 16.7 Å². The van der Waals surface area contributed by atoms with Gasteiger partial charge in [-0.25, -0.2) is 0 Å². The van der Waals surface area contributed by atoms with E-state index in [2.05, 4.69) is 37.4 Å². The van der Waals surface area contributed by atoms with E-state index in [0.29, 0.717) is 19.8 Å². The minimum atomic E-state index is 0.523. The van der Waals surface area contributed by atoms with Gasteiger partial charge in [0, 0.05) is 13.1 Å². The van der Waals surface area contributed by atoms with Gasteiger partial charge in [-0.3, -0.25) is 0 Å². The maximum Gasteiger partial charge on any atom is 0.161 e. The van der Waals surface area contributed by atoms with Crippen LogP contribution in [0.15, 0.2) is 72.8 Å². The Kier molecular flexibility index (Phi) is 7.96. The van der Waals surface area contributed by atoms with Gasteiger partial charge in [-0.15, -0.1) is 0 Å². The topological polar surface area (TPSA) is 39.7 Å². The fraction of sp³-hybridized carbons (Fsp3) is 0.280. The average molecular weight is 392 g/mol. The molecule has 0 saturated carbocycles. The first-order chi connectivity index (χ1) is 14.2. The highest BCUT2D eigenvalue weighted by Crippen LogP contribution is 2.27. The number of benzene rings is 3. The highest BCUT2D eigenvalue weighted by molar-refractivity contribution is 5.40. The molecule has 0 saturated heterocycles. The Bertz CT molecular complexity index is 860. The van der Waals surface area contributed by atoms with E-state index in [9.17, 15) is 0 Å². The Morgan fingerprint density at radius 2 is 1.21 bits per heavy atom. The molecule has 3 rings (SSSR count). The van der Waals surface area contributed by atoms with E-state index in [1.807, 2.05) is 54.6 Å². The molecule has 152 valence electrons. The fourth-order valence-corrected chi connectivity index (χ4v) is 3.03. The van der Waals surface area contributed by atoms with Gasteiger partial charge >= 0.3 is 0 Å². The molecule has 0 bridgehead atoms. The lowest BCUT2D eigenvalue weighted by Crippen LogP contribution is -2.26. The number of hydrogen-bond acceptors (Lipinski definition) is 4. The average Bonchev–Trinajstić information content (AvgIpc) is 2.75. The Labute approximate surface area is 173 Å². The van der Waals surface area contributed by atoms with Gasteiger partial charge in [0.05, 0.1) is 0 Å². The molecule has 0 aliphatic carbocycles. The molecule has 0 aliphatic heterocycles. The molecule has 0 fully saturated rings. The molecule has 0 amide bonds. The summed E-state index contributed by atoms with van der Waals surface area (Å²) in [6.07, 6.45) is 0. The first kappa shape index (κ1) is 20.7. The molecule has 0 heterocycles. The van der Waals surface area contributed by atoms with E-state index in [1.54, 1.807) is 0 Å². The number of hydrogen-bond donors (Lipinski definition) is 1. The van der Waals surface area contributed by atoms with Crippen molar-refractivity contribution >= 4 is 0 Å². The Morgan fingerprint density at radius 1 is 0.621 bits per heavy atom. The maximum absolute atomic E-state index is 5.92. The van der Waals surface area contributed by atoms with Crippen LogP contribution in [-0.2, 0) is 6.61 Å². The summed E-state index contributed by atoms with van der Waals surface area (Å²) in [5, 5.41) is 3.35. The third-order valence-corrected chi connectivity index (χ3v) is 4.56. The largest absolute Gasteiger partial charge is 0.492 e. The minimum absolute atomic E-state index is 0.523. The van der Waals surface area contributed by atoms with Crippen molar-refractivity contribution in [3.8, 4) is 17.2 Å². The summed E-state index contributed by atoms with van der Waals surface area (Å²) in [4.78, 5) is 0. The molecule has 0 unspecified atom stereocenters. The van der Waals surface area contributed by atoms with Crippen LogP contribution < -0.4 is 19.5 Å². The molecule has 4 nitrogen and oxygen atoms in total. The lowest BCUT2D eigenvalue weighted by molar-refractivity contribution is 0.257. The number of ether oxygens (including phenoxy) is 3. The van der Waals surface area contributed by atoms with Crippen molar-refractivity contribution in [3.63, 3.8) is 0 Å². The van der Waals surface area contributed by atoms with Crippen LogP contribution >= 0.6 is 0 Å². The number of rotatable bonds is 11. The number of aryl methyl sites for hydroxylation is 2. The summed E-state index contributed by atoms with van der Waals surface area (Å²) >= 11 is 0. The second kappa shape index (κ2) is 11.1. The molecular formula is C25H29NO3. The molecule has 3 aromatic carbocycles. The second-order valence-corrected chi connectivity index (χ2v) is 6.89. The van der Waals surface area contributed by atoms with E-state index >= 15 is 0 Å². The number of nitrogens with one attached hydrogen (secondary N) is 1. The normalized spacial score (nSPS) is 10.6. The van der Waals surface area contributed by atoms with Gasteiger partial charge in [0.2, 0.25) is 0 Å². The van der Waals surface area contributed by atoms with Gasteiger partial charge < -0.3 is 19.5 Å². The summed E-state index contributed by atoms with van der Waals surface area (Å²) in [5.41, 5.74) is 3.47. The minimum Gasteiger partial charge on any atom is -0.492 e. The quantitative estimate of drug-likeness (QED) is 0.471. The Hall–Kier alpha value is -2.98. The summed E-state index contributed by atoms with van der Waals surface area (Å²) in [7, 11) is 0. The van der Waals surface area contributed by atoms with Gasteiger partial charge in [-0.05, 0) is 42.7 Å². The predicted octanol–water partition coefficient (Wildman–Crippen LogP) is 4.93. The van der Waals surface area contributed by atoms with Crippen LogP contribution in [0.5, 0.6) is 17.2 Å². The first-order valence-corrected chi connectivity index (χ1v) is 10.0. The van der Waals surface area contributed by atoms with Gasteiger partial charge in [-0.2, -0.15) is 0 Å². The van der Waals surface area contributed by atoms with Crippen LogP contribution in [0.4, 0.5) is 0 Å². The van der Waals surface area contributed by atoms with Gasteiger partial charge in [0.15, 0.2) is 11.5 Å². The summed E-state index contributed by atoms with van der Waals surface area (Å²) in [5.74, 6) is 2.50. The molecule has 3 aromatic rings. The van der Waals surface area contributed by atoms with Gasteiger partial charge in [0.25, 0.3) is 0 Å². The predicted molar refractivity (Wildman–Crippen MR) is 117 cm³/mol. The molecule has 1 N–H and O–H groups in total. The van der Waals surface area contributed by atoms with Gasteiger partial charge in [-0.1, -0.05) is 60.7 Å². The SMILES string of the molecule is Cc1cccc(C)c1OCCNCCOc1ccccc1OCc1ccccc1. The van der Waals surface area contributed by atoms with E-state index in [4.69, 9.17) is 14.2 Å². The summed E-state index contributed by atoms with van der Waals surface area (Å²) in [6.45, 7) is 7.36. The molecule has 0 spiro atoms. The highest BCUT2D eigenvalue weighted by atomic mass is 16.5. The van der Waals surface area contributed by atoms with Gasteiger partial charge in [0.1, 0.15) is 25.6 Å². The summed E-state index contributed by atoms with van der Waals surface area (Å²) < 4.78 is 17.7. The van der Waals surface area contributed by atoms with Crippen molar-refractivity contribution in [2.45, 2.75) is 20.5 Å². The zero-order valence-electron chi connectivity index (χ0n) is 17.2. The number of para-hydroxylation sites is 3. The van der Waals surface area contributed by atoms with Crippen LogP contribution in [0.2, 0.25) is 0 Å². The smallest absolute Gasteiger partial charge is 0.161 e. The lowest BCUT2D eigenvalue weighted by atomic mass is 10.1. The Morgan fingerprint density at radius 3 is 1.90 bits per heavy atom. The van der Waals surface area contributed by atoms with Crippen molar-refractivity contribution in [1.82, 2.24) is 5.32 Å². The molecule has 4 heteroatoms. The van der Waals surface area contributed by atoms with Crippen molar-refractivity contribution in [1.29, 1.82) is 0 Å². The molecule has 0 aliphatic rings. The zero-order chi connectivity index (χ0) is 20.3. The van der Waals surface area contributed by atoms with Crippen LogP contribution in [0.25, 0.3) is 0 Å². The van der Waals surface area contributed by atoms with Crippen LogP contribution in [0, 0.1) is 13.8 Å². The fourth-order valence-electron chi connectivity index (χ4n) is 3.03. The molecule has 29 heavy (non-hydrogen) atoms. The maximum atomic E-state index is 5.92. The van der Waals surface area contributed by atoms with Crippen molar-refractivity contribution in [2.24, 2.45) is 0 Å². The first-order valence-electron chi connectivity index (χ1n) is 10.0. The molecule has 0 radical (unpaired) electrons. The molecule has 0 atom stereocenters. The van der Waals surface area contributed by atoms with E-state index in [0.717, 1.165) is 35.9 Å². The second-order valence-electron chi connectivity index (χ2n) is 6.89. The van der Waals surface area contributed by atoms with E-state index < -0.39 is 0 Å². The van der Waals surface area contributed by atoms with Crippen LogP contribution in [-0.4, -0.2) is 26.3 Å².